The summed E-state index contributed by atoms with van der Waals surface area (Å²) in [6.07, 6.45) is 2.41. The van der Waals surface area contributed by atoms with Gasteiger partial charge in [0.2, 0.25) is 6.41 Å². The van der Waals surface area contributed by atoms with Crippen LogP contribution >= 0.6 is 0 Å². The van der Waals surface area contributed by atoms with Crippen molar-refractivity contribution in [3.8, 4) is 5.75 Å². The van der Waals surface area contributed by atoms with Crippen LogP contribution in [0.4, 0.5) is 0 Å². The number of rotatable bonds is 4. The zero-order valence-electron chi connectivity index (χ0n) is 11.3. The minimum absolute atomic E-state index is 0.0252. The summed E-state index contributed by atoms with van der Waals surface area (Å²) in [5.41, 5.74) is -0.747. The van der Waals surface area contributed by atoms with Crippen molar-refractivity contribution in [2.45, 2.75) is 31.3 Å². The van der Waals surface area contributed by atoms with Crippen LogP contribution in [0, 0.1) is 5.92 Å². The van der Waals surface area contributed by atoms with Gasteiger partial charge in [-0.25, -0.2) is 4.79 Å². The molecular formula is C15H17NO4. The van der Waals surface area contributed by atoms with E-state index in [1.165, 1.54) is 4.90 Å². The van der Waals surface area contributed by atoms with Gasteiger partial charge >= 0.3 is 5.97 Å². The topological polar surface area (TPSA) is 66.8 Å². The first kappa shape index (κ1) is 13.0. The number of carboxylic acid groups (broad SMARTS) is 1. The van der Waals surface area contributed by atoms with Gasteiger partial charge in [-0.1, -0.05) is 25.1 Å². The van der Waals surface area contributed by atoms with E-state index in [-0.39, 0.29) is 12.0 Å². The first-order chi connectivity index (χ1) is 9.62. The Balaban J connectivity index is 2.22. The number of hydrogen-bond donors (Lipinski definition) is 1. The lowest BCUT2D eigenvalue weighted by atomic mass is 9.75. The van der Waals surface area contributed by atoms with E-state index >= 15 is 0 Å². The van der Waals surface area contributed by atoms with Crippen LogP contribution < -0.4 is 4.74 Å². The average Bonchev–Trinajstić information content (AvgIpc) is 3.26. The third kappa shape index (κ3) is 1.62. The van der Waals surface area contributed by atoms with E-state index in [1.807, 2.05) is 13.0 Å². The van der Waals surface area contributed by atoms with Gasteiger partial charge in [-0.05, 0) is 18.9 Å². The van der Waals surface area contributed by atoms with Gasteiger partial charge in [-0.3, -0.25) is 4.79 Å². The SMILES string of the molecule is CC1COc2ccccc2C1(C(=O)O)N(C=O)C1CC1. The number of carboxylic acids is 1. The number of amides is 1. The quantitative estimate of drug-likeness (QED) is 0.848. The minimum Gasteiger partial charge on any atom is -0.493 e. The van der Waals surface area contributed by atoms with E-state index in [1.54, 1.807) is 18.2 Å². The molecule has 5 nitrogen and oxygen atoms in total. The number of nitrogens with zero attached hydrogens (tertiary/aromatic N) is 1. The van der Waals surface area contributed by atoms with Crippen LogP contribution in [0.2, 0.25) is 0 Å². The maximum atomic E-state index is 12.1. The summed E-state index contributed by atoms with van der Waals surface area (Å²) in [4.78, 5) is 25.2. The highest BCUT2D eigenvalue weighted by Crippen LogP contribution is 2.48. The van der Waals surface area contributed by atoms with Crippen molar-refractivity contribution in [3.05, 3.63) is 29.8 Å². The van der Waals surface area contributed by atoms with Crippen LogP contribution in [-0.4, -0.2) is 35.0 Å². The molecule has 3 rings (SSSR count). The molecule has 106 valence electrons. The maximum absolute atomic E-state index is 12.1. The number of carbonyl (C=O) groups is 2. The fourth-order valence-electron chi connectivity index (χ4n) is 3.15. The second-order valence-corrected chi connectivity index (χ2v) is 5.52. The summed E-state index contributed by atoms with van der Waals surface area (Å²) < 4.78 is 5.63. The first-order valence-electron chi connectivity index (χ1n) is 6.81. The number of para-hydroxylation sites is 1. The zero-order valence-corrected chi connectivity index (χ0v) is 11.3. The number of aliphatic carboxylic acids is 1. The Hall–Kier alpha value is -2.04. The highest BCUT2D eigenvalue weighted by molar-refractivity contribution is 5.85. The molecule has 1 saturated carbocycles. The number of ether oxygens (including phenoxy) is 1. The highest BCUT2D eigenvalue weighted by Gasteiger charge is 2.57. The average molecular weight is 275 g/mol. The Morgan fingerprint density at radius 1 is 1.45 bits per heavy atom. The van der Waals surface area contributed by atoms with Gasteiger partial charge < -0.3 is 14.7 Å². The summed E-state index contributed by atoms with van der Waals surface area (Å²) in [6, 6.07) is 7.13. The van der Waals surface area contributed by atoms with E-state index in [2.05, 4.69) is 0 Å². The van der Waals surface area contributed by atoms with E-state index < -0.39 is 11.5 Å². The standard InChI is InChI=1S/C15H17NO4/c1-10-8-20-13-5-3-2-4-12(13)15(10,14(18)19)16(9-17)11-6-7-11/h2-5,9-11H,6-8H2,1H3,(H,18,19). The van der Waals surface area contributed by atoms with Crippen molar-refractivity contribution < 1.29 is 19.4 Å². The third-order valence-corrected chi connectivity index (χ3v) is 4.29. The molecule has 1 amide bonds. The lowest BCUT2D eigenvalue weighted by molar-refractivity contribution is -0.164. The van der Waals surface area contributed by atoms with Crippen molar-refractivity contribution in [2.24, 2.45) is 5.92 Å². The van der Waals surface area contributed by atoms with Gasteiger partial charge in [0, 0.05) is 17.5 Å². The highest BCUT2D eigenvalue weighted by atomic mass is 16.5. The molecule has 5 heteroatoms. The van der Waals surface area contributed by atoms with E-state index in [9.17, 15) is 14.7 Å². The Morgan fingerprint density at radius 3 is 2.75 bits per heavy atom. The van der Waals surface area contributed by atoms with E-state index in [0.717, 1.165) is 12.8 Å². The molecule has 2 atom stereocenters. The van der Waals surface area contributed by atoms with E-state index in [0.29, 0.717) is 24.3 Å². The molecule has 1 aromatic rings. The van der Waals surface area contributed by atoms with Crippen LogP contribution in [0.25, 0.3) is 0 Å². The van der Waals surface area contributed by atoms with Crippen LogP contribution in [-0.2, 0) is 15.1 Å². The Kier molecular flexibility index (Phi) is 2.92. The molecule has 0 spiro atoms. The van der Waals surface area contributed by atoms with Gasteiger partial charge in [0.15, 0.2) is 5.54 Å². The molecule has 1 aliphatic carbocycles. The van der Waals surface area contributed by atoms with Crippen molar-refractivity contribution in [1.82, 2.24) is 4.90 Å². The predicted octanol–water partition coefficient (Wildman–Crippen LogP) is 1.62. The number of benzene rings is 1. The normalized spacial score (nSPS) is 28.1. The monoisotopic (exact) mass is 275 g/mol. The lowest BCUT2D eigenvalue weighted by Crippen LogP contribution is -2.59. The van der Waals surface area contributed by atoms with Gasteiger partial charge in [0.25, 0.3) is 0 Å². The van der Waals surface area contributed by atoms with Gasteiger partial charge in [0.1, 0.15) is 5.75 Å². The number of carbonyl (C=O) groups excluding carboxylic acids is 1. The third-order valence-electron chi connectivity index (χ3n) is 4.29. The summed E-state index contributed by atoms with van der Waals surface area (Å²) in [7, 11) is 0. The molecule has 0 saturated heterocycles. The zero-order chi connectivity index (χ0) is 14.3. The molecule has 1 aromatic carbocycles. The fraction of sp³-hybridized carbons (Fsp3) is 0.467. The summed E-state index contributed by atoms with van der Waals surface area (Å²) in [6.45, 7) is 2.11. The molecule has 0 radical (unpaired) electrons. The van der Waals surface area contributed by atoms with Crippen molar-refractivity contribution in [2.75, 3.05) is 6.61 Å². The molecule has 1 heterocycles. The smallest absolute Gasteiger partial charge is 0.334 e. The molecular weight excluding hydrogens is 258 g/mol. The van der Waals surface area contributed by atoms with Crippen molar-refractivity contribution >= 4 is 12.4 Å². The first-order valence-corrected chi connectivity index (χ1v) is 6.81. The summed E-state index contributed by atoms with van der Waals surface area (Å²) >= 11 is 0. The van der Waals surface area contributed by atoms with E-state index in [4.69, 9.17) is 4.74 Å². The molecule has 2 aliphatic rings. The lowest BCUT2D eigenvalue weighted by Gasteiger charge is -2.46. The Morgan fingerprint density at radius 2 is 2.15 bits per heavy atom. The maximum Gasteiger partial charge on any atom is 0.334 e. The van der Waals surface area contributed by atoms with Gasteiger partial charge in [-0.15, -0.1) is 0 Å². The van der Waals surface area contributed by atoms with Gasteiger partial charge in [0.05, 0.1) is 6.61 Å². The molecule has 1 fully saturated rings. The molecule has 0 bridgehead atoms. The summed E-state index contributed by atoms with van der Waals surface area (Å²) in [5, 5.41) is 9.93. The Labute approximate surface area is 117 Å². The minimum atomic E-state index is -1.32. The Bertz CT molecular complexity index is 555. The molecule has 2 unspecified atom stereocenters. The molecule has 1 aliphatic heterocycles. The van der Waals surface area contributed by atoms with Crippen LogP contribution in [0.5, 0.6) is 5.75 Å². The predicted molar refractivity (Wildman–Crippen MR) is 71.3 cm³/mol. The van der Waals surface area contributed by atoms with Crippen LogP contribution in [0.1, 0.15) is 25.3 Å². The van der Waals surface area contributed by atoms with Gasteiger partial charge in [-0.2, -0.15) is 0 Å². The number of fused-ring (bicyclic) bond motifs is 1. The molecule has 1 N–H and O–H groups in total. The summed E-state index contributed by atoms with van der Waals surface area (Å²) in [5.74, 6) is -0.735. The van der Waals surface area contributed by atoms with Crippen molar-refractivity contribution in [1.29, 1.82) is 0 Å². The number of hydrogen-bond acceptors (Lipinski definition) is 3. The fourth-order valence-corrected chi connectivity index (χ4v) is 3.15. The van der Waals surface area contributed by atoms with Crippen LogP contribution in [0.3, 0.4) is 0 Å². The largest absolute Gasteiger partial charge is 0.493 e. The second-order valence-electron chi connectivity index (χ2n) is 5.52. The second kappa shape index (κ2) is 4.51. The molecule has 20 heavy (non-hydrogen) atoms. The van der Waals surface area contributed by atoms with Crippen LogP contribution in [0.15, 0.2) is 24.3 Å². The van der Waals surface area contributed by atoms with Crippen molar-refractivity contribution in [3.63, 3.8) is 0 Å². The molecule has 0 aromatic heterocycles.